The molecule has 0 spiro atoms. The number of rotatable bonds is 5. The number of carbonyl (C=O) groups excluding carboxylic acids is 2. The highest BCUT2D eigenvalue weighted by atomic mass is 19.4. The van der Waals surface area contributed by atoms with Crippen molar-refractivity contribution in [2.75, 3.05) is 13.2 Å². The summed E-state index contributed by atoms with van der Waals surface area (Å²) in [5, 5.41) is 1.62. The molecule has 4 nitrogen and oxygen atoms in total. The molecule has 7 heteroatoms. The van der Waals surface area contributed by atoms with Crippen molar-refractivity contribution < 1.29 is 27.5 Å². The third kappa shape index (κ3) is 6.78. The number of nitrogens with one attached hydrogen (secondary N) is 1. The van der Waals surface area contributed by atoms with Crippen molar-refractivity contribution >= 4 is 11.9 Å². The molecule has 0 heterocycles. The molecule has 0 aliphatic heterocycles. The molecule has 0 saturated carbocycles. The van der Waals surface area contributed by atoms with Crippen LogP contribution in [0.4, 0.5) is 13.2 Å². The van der Waals surface area contributed by atoms with Gasteiger partial charge in [0.25, 0.3) is 5.91 Å². The lowest BCUT2D eigenvalue weighted by Gasteiger charge is -2.09. The Bertz CT molecular complexity index is 527. The van der Waals surface area contributed by atoms with E-state index >= 15 is 0 Å². The Morgan fingerprint density at radius 3 is 2.43 bits per heavy atom. The summed E-state index contributed by atoms with van der Waals surface area (Å²) in [6.07, 6.45) is -4.52. The van der Waals surface area contributed by atoms with Crippen LogP contribution < -0.4 is 5.32 Å². The van der Waals surface area contributed by atoms with Crippen LogP contribution in [0.15, 0.2) is 18.2 Å². The Morgan fingerprint density at radius 2 is 1.86 bits per heavy atom. The predicted molar refractivity (Wildman–Crippen MR) is 69.6 cm³/mol. The lowest BCUT2D eigenvalue weighted by atomic mass is 10.0. The van der Waals surface area contributed by atoms with E-state index in [0.717, 1.165) is 16.7 Å². The second-order valence-electron chi connectivity index (χ2n) is 4.65. The quantitative estimate of drug-likeness (QED) is 0.847. The SMILES string of the molecule is Cc1ccc(CC(=O)OCC(=O)NCC(F)(F)F)cc1C. The summed E-state index contributed by atoms with van der Waals surface area (Å²) in [4.78, 5) is 22.5. The second-order valence-corrected chi connectivity index (χ2v) is 4.65. The van der Waals surface area contributed by atoms with Gasteiger partial charge in [0, 0.05) is 0 Å². The summed E-state index contributed by atoms with van der Waals surface area (Å²) in [7, 11) is 0. The summed E-state index contributed by atoms with van der Waals surface area (Å²) in [5.41, 5.74) is 2.82. The van der Waals surface area contributed by atoms with Gasteiger partial charge in [0.15, 0.2) is 6.61 Å². The van der Waals surface area contributed by atoms with Crippen LogP contribution >= 0.6 is 0 Å². The van der Waals surface area contributed by atoms with Crippen molar-refractivity contribution in [3.63, 3.8) is 0 Å². The lowest BCUT2D eigenvalue weighted by molar-refractivity contribution is -0.150. The van der Waals surface area contributed by atoms with E-state index in [9.17, 15) is 22.8 Å². The van der Waals surface area contributed by atoms with Gasteiger partial charge in [-0.3, -0.25) is 9.59 Å². The fourth-order valence-corrected chi connectivity index (χ4v) is 1.53. The molecule has 0 aliphatic rings. The van der Waals surface area contributed by atoms with Gasteiger partial charge < -0.3 is 10.1 Å². The molecule has 21 heavy (non-hydrogen) atoms. The number of hydrogen-bond donors (Lipinski definition) is 1. The standard InChI is InChI=1S/C14H16F3NO3/c1-9-3-4-11(5-10(9)2)6-13(20)21-7-12(19)18-8-14(15,16)17/h3-5H,6-8H2,1-2H3,(H,18,19). The maximum atomic E-state index is 11.9. The first kappa shape index (κ1) is 17.0. The van der Waals surface area contributed by atoms with Crippen LogP contribution in [-0.4, -0.2) is 31.2 Å². The molecule has 0 radical (unpaired) electrons. The zero-order valence-electron chi connectivity index (χ0n) is 11.7. The number of alkyl halides is 3. The van der Waals surface area contributed by atoms with Crippen molar-refractivity contribution in [2.45, 2.75) is 26.4 Å². The largest absolute Gasteiger partial charge is 0.455 e. The molecular weight excluding hydrogens is 287 g/mol. The number of hydrogen-bond acceptors (Lipinski definition) is 3. The molecule has 1 N–H and O–H groups in total. The number of amides is 1. The van der Waals surface area contributed by atoms with Crippen molar-refractivity contribution in [3.05, 3.63) is 34.9 Å². The normalized spacial score (nSPS) is 11.1. The average Bonchev–Trinajstić information content (AvgIpc) is 2.37. The van der Waals surface area contributed by atoms with E-state index in [-0.39, 0.29) is 6.42 Å². The van der Waals surface area contributed by atoms with E-state index in [1.54, 1.807) is 11.4 Å². The third-order valence-corrected chi connectivity index (χ3v) is 2.77. The van der Waals surface area contributed by atoms with Gasteiger partial charge in [-0.2, -0.15) is 13.2 Å². The number of ether oxygens (including phenoxy) is 1. The third-order valence-electron chi connectivity index (χ3n) is 2.77. The van der Waals surface area contributed by atoms with E-state index in [0.29, 0.717) is 0 Å². The number of esters is 1. The van der Waals surface area contributed by atoms with Gasteiger partial charge in [-0.15, -0.1) is 0 Å². The van der Waals surface area contributed by atoms with Crippen molar-refractivity contribution in [1.82, 2.24) is 5.32 Å². The minimum absolute atomic E-state index is 0.0341. The summed E-state index contributed by atoms with van der Waals surface area (Å²) in [6.45, 7) is 1.66. The minimum Gasteiger partial charge on any atom is -0.455 e. The van der Waals surface area contributed by atoms with Gasteiger partial charge in [0.2, 0.25) is 0 Å². The molecule has 1 rings (SSSR count). The Kier molecular flexibility index (Phi) is 5.75. The Labute approximate surface area is 120 Å². The summed E-state index contributed by atoms with van der Waals surface area (Å²) in [5.74, 6) is -1.65. The summed E-state index contributed by atoms with van der Waals surface area (Å²) >= 11 is 0. The van der Waals surface area contributed by atoms with E-state index in [2.05, 4.69) is 4.74 Å². The number of benzene rings is 1. The van der Waals surface area contributed by atoms with Crippen LogP contribution in [0.2, 0.25) is 0 Å². The highest BCUT2D eigenvalue weighted by Crippen LogP contribution is 2.12. The van der Waals surface area contributed by atoms with Gasteiger partial charge in [0.1, 0.15) is 6.54 Å². The molecule has 0 aliphatic carbocycles. The zero-order chi connectivity index (χ0) is 16.0. The maximum Gasteiger partial charge on any atom is 0.405 e. The zero-order valence-corrected chi connectivity index (χ0v) is 11.7. The van der Waals surface area contributed by atoms with Crippen LogP contribution in [0.5, 0.6) is 0 Å². The molecule has 1 amide bonds. The summed E-state index contributed by atoms with van der Waals surface area (Å²) in [6, 6.07) is 5.43. The van der Waals surface area contributed by atoms with Gasteiger partial charge in [-0.05, 0) is 30.5 Å². The number of aryl methyl sites for hydroxylation is 2. The smallest absolute Gasteiger partial charge is 0.405 e. The Balaban J connectivity index is 2.37. The van der Waals surface area contributed by atoms with Crippen LogP contribution in [0.1, 0.15) is 16.7 Å². The molecule has 0 atom stereocenters. The highest BCUT2D eigenvalue weighted by Gasteiger charge is 2.27. The number of carbonyl (C=O) groups is 2. The topological polar surface area (TPSA) is 55.4 Å². The van der Waals surface area contributed by atoms with Crippen molar-refractivity contribution in [3.8, 4) is 0 Å². The Hall–Kier alpha value is -2.05. The van der Waals surface area contributed by atoms with Gasteiger partial charge in [0.05, 0.1) is 6.42 Å². The van der Waals surface area contributed by atoms with Crippen LogP contribution in [0.25, 0.3) is 0 Å². The fourth-order valence-electron chi connectivity index (χ4n) is 1.53. The molecule has 0 saturated heterocycles. The van der Waals surface area contributed by atoms with Crippen molar-refractivity contribution in [2.24, 2.45) is 0 Å². The van der Waals surface area contributed by atoms with Gasteiger partial charge in [-0.1, -0.05) is 18.2 Å². The molecular formula is C14H16F3NO3. The maximum absolute atomic E-state index is 11.9. The fraction of sp³-hybridized carbons (Fsp3) is 0.429. The first-order chi connectivity index (χ1) is 9.67. The van der Waals surface area contributed by atoms with E-state index in [1.807, 2.05) is 26.0 Å². The summed E-state index contributed by atoms with van der Waals surface area (Å²) < 4.78 is 40.2. The van der Waals surface area contributed by atoms with Crippen LogP contribution in [-0.2, 0) is 20.7 Å². The van der Waals surface area contributed by atoms with Crippen molar-refractivity contribution in [1.29, 1.82) is 0 Å². The second kappa shape index (κ2) is 7.10. The van der Waals surface area contributed by atoms with E-state index < -0.39 is 31.2 Å². The van der Waals surface area contributed by atoms with E-state index in [1.165, 1.54) is 0 Å². The first-order valence-corrected chi connectivity index (χ1v) is 6.22. The molecule has 0 unspecified atom stereocenters. The molecule has 0 fully saturated rings. The molecule has 116 valence electrons. The number of halogens is 3. The first-order valence-electron chi connectivity index (χ1n) is 6.22. The monoisotopic (exact) mass is 303 g/mol. The van der Waals surface area contributed by atoms with Crippen LogP contribution in [0.3, 0.4) is 0 Å². The van der Waals surface area contributed by atoms with Gasteiger partial charge in [-0.25, -0.2) is 0 Å². The average molecular weight is 303 g/mol. The van der Waals surface area contributed by atoms with Crippen LogP contribution in [0, 0.1) is 13.8 Å². The Morgan fingerprint density at radius 1 is 1.19 bits per heavy atom. The van der Waals surface area contributed by atoms with Gasteiger partial charge >= 0.3 is 12.1 Å². The molecule has 0 bridgehead atoms. The molecule has 1 aromatic carbocycles. The highest BCUT2D eigenvalue weighted by molar-refractivity contribution is 5.81. The molecule has 1 aromatic rings. The minimum atomic E-state index is -4.49. The predicted octanol–water partition coefficient (Wildman–Crippen LogP) is 2.07. The lowest BCUT2D eigenvalue weighted by Crippen LogP contribution is -2.36. The van der Waals surface area contributed by atoms with E-state index in [4.69, 9.17) is 0 Å². The molecule has 0 aromatic heterocycles.